The fraction of sp³-hybridized carbons (Fsp3) is 0.538. The molecule has 108 valence electrons. The Bertz CT molecular complexity index is 403. The highest BCUT2D eigenvalue weighted by Crippen LogP contribution is 2.32. The van der Waals surface area contributed by atoms with Crippen molar-refractivity contribution in [3.05, 3.63) is 35.4 Å². The molecular weight excluding hydrogens is 277 g/mol. The highest BCUT2D eigenvalue weighted by Gasteiger charge is 2.33. The number of halogens is 4. The van der Waals surface area contributed by atoms with E-state index in [-0.39, 0.29) is 12.4 Å². The predicted octanol–water partition coefficient (Wildman–Crippen LogP) is 2.92. The van der Waals surface area contributed by atoms with E-state index in [0.717, 1.165) is 25.6 Å². The van der Waals surface area contributed by atoms with Gasteiger partial charge in [-0.3, -0.25) is 4.90 Å². The van der Waals surface area contributed by atoms with Gasteiger partial charge in [0.15, 0.2) is 0 Å². The Labute approximate surface area is 117 Å². The number of rotatable bonds is 3. The van der Waals surface area contributed by atoms with E-state index in [4.69, 9.17) is 0 Å². The van der Waals surface area contributed by atoms with Crippen LogP contribution in [0.15, 0.2) is 24.3 Å². The third-order valence-electron chi connectivity index (χ3n) is 3.40. The number of nitrogens with zero attached hydrogens (tertiary/aromatic N) is 1. The molecule has 1 fully saturated rings. The molecule has 0 radical (unpaired) electrons. The molecule has 0 amide bonds. The number of likely N-dealkylation sites (N-methyl/N-ethyl adjacent to an activating group) is 1. The van der Waals surface area contributed by atoms with Gasteiger partial charge in [0.1, 0.15) is 0 Å². The zero-order valence-electron chi connectivity index (χ0n) is 10.7. The summed E-state index contributed by atoms with van der Waals surface area (Å²) in [5, 5.41) is 3.22. The van der Waals surface area contributed by atoms with Crippen LogP contribution < -0.4 is 5.32 Å². The van der Waals surface area contributed by atoms with Crippen LogP contribution in [-0.2, 0) is 12.7 Å². The summed E-state index contributed by atoms with van der Waals surface area (Å²) < 4.78 is 38.5. The van der Waals surface area contributed by atoms with E-state index in [0.29, 0.717) is 18.2 Å². The number of hydrogen-bond acceptors (Lipinski definition) is 2. The molecule has 1 atom stereocenters. The summed E-state index contributed by atoms with van der Waals surface area (Å²) in [5.74, 6) is 0. The standard InChI is InChI=1S/C13H17F3N2.ClH/c1-18(11-6-7-17-8-11)9-10-4-2-3-5-12(10)13(14,15)16;/h2-5,11,17H,6-9H2,1H3;1H. The molecule has 0 aliphatic carbocycles. The van der Waals surface area contributed by atoms with Crippen LogP contribution in [0.5, 0.6) is 0 Å². The average molecular weight is 295 g/mol. The largest absolute Gasteiger partial charge is 0.416 e. The monoisotopic (exact) mass is 294 g/mol. The van der Waals surface area contributed by atoms with Crippen molar-refractivity contribution in [3.63, 3.8) is 0 Å². The van der Waals surface area contributed by atoms with E-state index < -0.39 is 11.7 Å². The Morgan fingerprint density at radius 2 is 2.00 bits per heavy atom. The molecule has 1 aromatic rings. The molecule has 1 N–H and O–H groups in total. The van der Waals surface area contributed by atoms with Crippen LogP contribution in [0.3, 0.4) is 0 Å². The van der Waals surface area contributed by atoms with Crippen molar-refractivity contribution >= 4 is 12.4 Å². The lowest BCUT2D eigenvalue weighted by molar-refractivity contribution is -0.138. The van der Waals surface area contributed by atoms with Gasteiger partial charge in [0.2, 0.25) is 0 Å². The van der Waals surface area contributed by atoms with Crippen molar-refractivity contribution in [1.29, 1.82) is 0 Å². The highest BCUT2D eigenvalue weighted by atomic mass is 35.5. The first-order valence-corrected chi connectivity index (χ1v) is 6.04. The molecule has 0 aromatic heterocycles. The Balaban J connectivity index is 0.00000180. The number of benzene rings is 1. The van der Waals surface area contributed by atoms with Crippen molar-refractivity contribution in [3.8, 4) is 0 Å². The van der Waals surface area contributed by atoms with E-state index in [1.54, 1.807) is 12.1 Å². The summed E-state index contributed by atoms with van der Waals surface area (Å²) in [7, 11) is 1.88. The number of hydrogen-bond donors (Lipinski definition) is 1. The van der Waals surface area contributed by atoms with Gasteiger partial charge in [0.25, 0.3) is 0 Å². The Kier molecular flexibility index (Phi) is 5.64. The van der Waals surface area contributed by atoms with E-state index in [2.05, 4.69) is 5.32 Å². The first-order valence-electron chi connectivity index (χ1n) is 6.04. The third-order valence-corrected chi connectivity index (χ3v) is 3.40. The Morgan fingerprint density at radius 3 is 2.58 bits per heavy atom. The van der Waals surface area contributed by atoms with Crippen LogP contribution in [-0.4, -0.2) is 31.1 Å². The van der Waals surface area contributed by atoms with Crippen molar-refractivity contribution in [2.24, 2.45) is 0 Å². The lowest BCUT2D eigenvalue weighted by Crippen LogP contribution is -2.33. The van der Waals surface area contributed by atoms with Gasteiger partial charge in [-0.15, -0.1) is 12.4 Å². The van der Waals surface area contributed by atoms with Gasteiger partial charge < -0.3 is 5.32 Å². The van der Waals surface area contributed by atoms with Gasteiger partial charge in [0, 0.05) is 19.1 Å². The summed E-state index contributed by atoms with van der Waals surface area (Å²) in [6.45, 7) is 2.13. The summed E-state index contributed by atoms with van der Waals surface area (Å²) >= 11 is 0. The van der Waals surface area contributed by atoms with Crippen molar-refractivity contribution in [2.75, 3.05) is 20.1 Å². The van der Waals surface area contributed by atoms with Gasteiger partial charge in [-0.05, 0) is 31.6 Å². The van der Waals surface area contributed by atoms with Crippen molar-refractivity contribution < 1.29 is 13.2 Å². The van der Waals surface area contributed by atoms with Crippen molar-refractivity contribution in [1.82, 2.24) is 10.2 Å². The first-order chi connectivity index (χ1) is 8.48. The average Bonchev–Trinajstić information content (AvgIpc) is 2.81. The molecule has 1 aliphatic heterocycles. The fourth-order valence-corrected chi connectivity index (χ4v) is 2.35. The summed E-state index contributed by atoms with van der Waals surface area (Å²) in [4.78, 5) is 1.99. The maximum Gasteiger partial charge on any atom is 0.416 e. The SMILES string of the molecule is CN(Cc1ccccc1C(F)(F)F)C1CCNC1.Cl. The smallest absolute Gasteiger partial charge is 0.315 e. The molecule has 6 heteroatoms. The molecule has 0 saturated carbocycles. The number of nitrogens with one attached hydrogen (secondary N) is 1. The molecule has 0 bridgehead atoms. The van der Waals surface area contributed by atoms with Crippen LogP contribution in [0, 0.1) is 0 Å². The highest BCUT2D eigenvalue weighted by molar-refractivity contribution is 5.85. The lowest BCUT2D eigenvalue weighted by Gasteiger charge is -2.25. The van der Waals surface area contributed by atoms with Gasteiger partial charge in [-0.1, -0.05) is 18.2 Å². The normalized spacial score (nSPS) is 19.5. The van der Waals surface area contributed by atoms with Gasteiger partial charge in [-0.2, -0.15) is 13.2 Å². The minimum absolute atomic E-state index is 0. The molecule has 0 spiro atoms. The molecule has 1 saturated heterocycles. The van der Waals surface area contributed by atoms with E-state index in [9.17, 15) is 13.2 Å². The topological polar surface area (TPSA) is 15.3 Å². The van der Waals surface area contributed by atoms with Gasteiger partial charge >= 0.3 is 6.18 Å². The maximum atomic E-state index is 12.8. The molecule has 2 rings (SSSR count). The second-order valence-corrected chi connectivity index (χ2v) is 4.72. The second kappa shape index (κ2) is 6.59. The zero-order chi connectivity index (χ0) is 13.2. The van der Waals surface area contributed by atoms with Crippen molar-refractivity contribution in [2.45, 2.75) is 25.2 Å². The molecule has 1 heterocycles. The zero-order valence-corrected chi connectivity index (χ0v) is 11.5. The quantitative estimate of drug-likeness (QED) is 0.922. The van der Waals surface area contributed by atoms with Crippen LogP contribution in [0.25, 0.3) is 0 Å². The summed E-state index contributed by atoms with van der Waals surface area (Å²) in [6, 6.07) is 6.12. The van der Waals surface area contributed by atoms with E-state index >= 15 is 0 Å². The first kappa shape index (κ1) is 16.3. The minimum atomic E-state index is -4.27. The molecule has 19 heavy (non-hydrogen) atoms. The number of alkyl halides is 3. The third kappa shape index (κ3) is 4.09. The van der Waals surface area contributed by atoms with Crippen LogP contribution >= 0.6 is 12.4 Å². The van der Waals surface area contributed by atoms with Gasteiger partial charge in [0.05, 0.1) is 5.56 Å². The Hall–Kier alpha value is -0.780. The van der Waals surface area contributed by atoms with Crippen LogP contribution in [0.4, 0.5) is 13.2 Å². The minimum Gasteiger partial charge on any atom is -0.315 e. The predicted molar refractivity (Wildman–Crippen MR) is 71.4 cm³/mol. The van der Waals surface area contributed by atoms with Crippen LogP contribution in [0.2, 0.25) is 0 Å². The summed E-state index contributed by atoms with van der Waals surface area (Å²) in [6.07, 6.45) is -3.28. The second-order valence-electron chi connectivity index (χ2n) is 4.72. The molecule has 1 aromatic carbocycles. The molecular formula is C13H18ClF3N2. The molecule has 1 aliphatic rings. The van der Waals surface area contributed by atoms with Crippen LogP contribution in [0.1, 0.15) is 17.5 Å². The van der Waals surface area contributed by atoms with E-state index in [1.165, 1.54) is 6.07 Å². The Morgan fingerprint density at radius 1 is 1.32 bits per heavy atom. The lowest BCUT2D eigenvalue weighted by atomic mass is 10.1. The molecule has 2 nitrogen and oxygen atoms in total. The fourth-order valence-electron chi connectivity index (χ4n) is 2.35. The molecule has 1 unspecified atom stereocenters. The van der Waals surface area contributed by atoms with Gasteiger partial charge in [-0.25, -0.2) is 0 Å². The maximum absolute atomic E-state index is 12.8. The van der Waals surface area contributed by atoms with E-state index in [1.807, 2.05) is 11.9 Å². The summed E-state index contributed by atoms with van der Waals surface area (Å²) in [5.41, 5.74) is -0.179.